The van der Waals surface area contributed by atoms with Gasteiger partial charge in [-0.25, -0.2) is 9.07 Å². The zero-order valence-electron chi connectivity index (χ0n) is 15.9. The molecule has 3 aromatic rings. The van der Waals surface area contributed by atoms with E-state index in [1.807, 2.05) is 0 Å². The summed E-state index contributed by atoms with van der Waals surface area (Å²) >= 11 is 6.40. The van der Waals surface area contributed by atoms with Crippen molar-refractivity contribution in [3.05, 3.63) is 67.8 Å². The lowest BCUT2D eigenvalue weighted by atomic mass is 10.1. The third kappa shape index (κ3) is 3.30. The SMILES string of the molecule is COc1ccccc1Oc1cc(-c2c(Cl)n3n(c2=O)CCCC3)c(F)cc1[N+](=O)[O-]. The van der Waals surface area contributed by atoms with E-state index < -0.39 is 22.0 Å². The van der Waals surface area contributed by atoms with Gasteiger partial charge in [0.15, 0.2) is 11.5 Å². The lowest BCUT2D eigenvalue weighted by molar-refractivity contribution is -0.385. The van der Waals surface area contributed by atoms with Crippen LogP contribution in [0.4, 0.5) is 10.1 Å². The molecule has 0 atom stereocenters. The molecule has 0 unspecified atom stereocenters. The maximum atomic E-state index is 14.9. The van der Waals surface area contributed by atoms with E-state index in [2.05, 4.69) is 0 Å². The highest BCUT2D eigenvalue weighted by Gasteiger charge is 2.28. The van der Waals surface area contributed by atoms with Crippen LogP contribution in [0.15, 0.2) is 41.2 Å². The molecule has 30 heavy (non-hydrogen) atoms. The molecule has 1 aromatic heterocycles. The molecule has 0 bridgehead atoms. The Labute approximate surface area is 175 Å². The van der Waals surface area contributed by atoms with E-state index in [9.17, 15) is 19.3 Å². The van der Waals surface area contributed by atoms with Gasteiger partial charge in [0.2, 0.25) is 5.75 Å². The summed E-state index contributed by atoms with van der Waals surface area (Å²) in [5, 5.41) is 11.6. The molecule has 156 valence electrons. The van der Waals surface area contributed by atoms with Gasteiger partial charge in [0.25, 0.3) is 5.56 Å². The van der Waals surface area contributed by atoms with Crippen LogP contribution in [0.3, 0.4) is 0 Å². The molecule has 10 heteroatoms. The number of nitro benzene ring substituents is 1. The first-order chi connectivity index (χ1) is 14.4. The number of methoxy groups -OCH3 is 1. The number of halogens is 2. The summed E-state index contributed by atoms with van der Waals surface area (Å²) in [4.78, 5) is 23.6. The van der Waals surface area contributed by atoms with Crippen molar-refractivity contribution in [3.8, 4) is 28.4 Å². The number of benzene rings is 2. The molecule has 4 rings (SSSR count). The summed E-state index contributed by atoms with van der Waals surface area (Å²) in [5.41, 5.74) is -1.23. The van der Waals surface area contributed by atoms with Crippen LogP contribution in [0.25, 0.3) is 11.1 Å². The number of hydrogen-bond donors (Lipinski definition) is 0. The zero-order chi connectivity index (χ0) is 21.4. The summed E-state index contributed by atoms with van der Waals surface area (Å²) in [6, 6.07) is 8.43. The monoisotopic (exact) mass is 433 g/mol. The molecule has 0 amide bonds. The van der Waals surface area contributed by atoms with Crippen LogP contribution in [-0.4, -0.2) is 21.4 Å². The average molecular weight is 434 g/mol. The minimum atomic E-state index is -0.934. The first-order valence-corrected chi connectivity index (χ1v) is 9.58. The van der Waals surface area contributed by atoms with Gasteiger partial charge in [-0.15, -0.1) is 0 Å². The van der Waals surface area contributed by atoms with Gasteiger partial charge in [0, 0.05) is 18.7 Å². The van der Waals surface area contributed by atoms with Gasteiger partial charge >= 0.3 is 5.69 Å². The number of nitro groups is 1. The molecule has 1 aliphatic heterocycles. The molecular weight excluding hydrogens is 417 g/mol. The first-order valence-electron chi connectivity index (χ1n) is 9.20. The summed E-state index contributed by atoms with van der Waals surface area (Å²) in [6.45, 7) is 1.00. The van der Waals surface area contributed by atoms with Gasteiger partial charge < -0.3 is 9.47 Å². The van der Waals surface area contributed by atoms with Crippen LogP contribution in [0.1, 0.15) is 12.8 Å². The lowest BCUT2D eigenvalue weighted by Gasteiger charge is -2.17. The van der Waals surface area contributed by atoms with Crippen molar-refractivity contribution in [2.75, 3.05) is 7.11 Å². The topological polar surface area (TPSA) is 88.5 Å². The third-order valence-corrected chi connectivity index (χ3v) is 5.35. The Morgan fingerprint density at radius 2 is 1.77 bits per heavy atom. The molecule has 0 spiro atoms. The second-order valence-electron chi connectivity index (χ2n) is 6.73. The Balaban J connectivity index is 1.89. The first kappa shape index (κ1) is 20.0. The van der Waals surface area contributed by atoms with E-state index in [0.29, 0.717) is 18.8 Å². The van der Waals surface area contributed by atoms with Gasteiger partial charge in [-0.3, -0.25) is 19.6 Å². The van der Waals surface area contributed by atoms with Crippen LogP contribution < -0.4 is 15.0 Å². The Morgan fingerprint density at radius 3 is 2.40 bits per heavy atom. The van der Waals surface area contributed by atoms with E-state index in [-0.39, 0.29) is 27.8 Å². The number of fused-ring (bicyclic) bond motifs is 1. The van der Waals surface area contributed by atoms with Crippen LogP contribution in [0.2, 0.25) is 5.15 Å². The van der Waals surface area contributed by atoms with Crippen molar-refractivity contribution in [2.45, 2.75) is 25.9 Å². The lowest BCUT2D eigenvalue weighted by Crippen LogP contribution is -2.27. The summed E-state index contributed by atoms with van der Waals surface area (Å²) in [6.07, 6.45) is 1.66. The Hall–Kier alpha value is -3.33. The largest absolute Gasteiger partial charge is 0.493 e. The molecule has 1 aliphatic rings. The smallest absolute Gasteiger partial charge is 0.314 e. The number of rotatable bonds is 5. The quantitative estimate of drug-likeness (QED) is 0.433. The number of ether oxygens (including phenoxy) is 2. The summed E-state index contributed by atoms with van der Waals surface area (Å²) < 4.78 is 28.8. The fourth-order valence-electron chi connectivity index (χ4n) is 3.53. The zero-order valence-corrected chi connectivity index (χ0v) is 16.7. The molecule has 2 aromatic carbocycles. The number of aromatic nitrogens is 2. The van der Waals surface area contributed by atoms with E-state index in [0.717, 1.165) is 25.0 Å². The van der Waals surface area contributed by atoms with E-state index >= 15 is 0 Å². The van der Waals surface area contributed by atoms with E-state index in [1.165, 1.54) is 11.8 Å². The van der Waals surface area contributed by atoms with Crippen molar-refractivity contribution in [1.82, 2.24) is 9.36 Å². The van der Waals surface area contributed by atoms with Crippen LogP contribution >= 0.6 is 11.6 Å². The normalized spacial score (nSPS) is 13.0. The Bertz CT molecular complexity index is 1200. The highest BCUT2D eigenvalue weighted by Crippen LogP contribution is 2.40. The van der Waals surface area contributed by atoms with Crippen LogP contribution in [0.5, 0.6) is 17.2 Å². The van der Waals surface area contributed by atoms with Crippen molar-refractivity contribution < 1.29 is 18.8 Å². The fraction of sp³-hybridized carbons (Fsp3) is 0.250. The van der Waals surface area contributed by atoms with Crippen molar-refractivity contribution in [3.63, 3.8) is 0 Å². The van der Waals surface area contributed by atoms with Crippen LogP contribution in [-0.2, 0) is 13.1 Å². The van der Waals surface area contributed by atoms with Gasteiger partial charge in [0.1, 0.15) is 11.0 Å². The highest BCUT2D eigenvalue weighted by atomic mass is 35.5. The molecule has 0 fully saturated rings. The molecule has 0 aliphatic carbocycles. The van der Waals surface area contributed by atoms with Crippen molar-refractivity contribution in [2.24, 2.45) is 0 Å². The maximum absolute atomic E-state index is 14.9. The molecular formula is C20H17ClFN3O5. The predicted molar refractivity (Wildman–Crippen MR) is 108 cm³/mol. The fourth-order valence-corrected chi connectivity index (χ4v) is 3.89. The molecule has 2 heterocycles. The number of para-hydroxylation sites is 2. The predicted octanol–water partition coefficient (Wildman–Crippen LogP) is 4.61. The van der Waals surface area contributed by atoms with Crippen molar-refractivity contribution in [1.29, 1.82) is 0 Å². The Kier molecular flexibility index (Phi) is 5.21. The number of hydrogen-bond acceptors (Lipinski definition) is 5. The summed E-state index contributed by atoms with van der Waals surface area (Å²) in [5.74, 6) is -0.614. The average Bonchev–Trinajstić information content (AvgIpc) is 3.00. The molecule has 0 radical (unpaired) electrons. The second kappa shape index (κ2) is 7.83. The van der Waals surface area contributed by atoms with Gasteiger partial charge in [0.05, 0.1) is 23.7 Å². The minimum absolute atomic E-state index is 0.0455. The standard InChI is InChI=1S/C20H17ClFN3O5/c1-29-15-6-2-3-7-16(15)30-17-10-12(13(22)11-14(17)25(27)28)18-19(21)23-8-4-5-9-24(23)20(18)26/h2-3,6-7,10-11H,4-5,8-9H2,1H3. The minimum Gasteiger partial charge on any atom is -0.493 e. The molecule has 0 saturated carbocycles. The highest BCUT2D eigenvalue weighted by molar-refractivity contribution is 6.32. The third-order valence-electron chi connectivity index (χ3n) is 4.97. The number of nitrogens with zero attached hydrogens (tertiary/aromatic N) is 3. The van der Waals surface area contributed by atoms with Crippen LogP contribution in [0, 0.1) is 15.9 Å². The van der Waals surface area contributed by atoms with E-state index in [4.69, 9.17) is 21.1 Å². The second-order valence-corrected chi connectivity index (χ2v) is 7.09. The van der Waals surface area contributed by atoms with Crippen molar-refractivity contribution >= 4 is 17.3 Å². The summed E-state index contributed by atoms with van der Waals surface area (Å²) in [7, 11) is 1.43. The van der Waals surface area contributed by atoms with E-state index in [1.54, 1.807) is 28.9 Å². The maximum Gasteiger partial charge on any atom is 0.314 e. The molecule has 0 saturated heterocycles. The Morgan fingerprint density at radius 1 is 1.10 bits per heavy atom. The van der Waals surface area contributed by atoms with Gasteiger partial charge in [-0.2, -0.15) is 0 Å². The molecule has 0 N–H and O–H groups in total. The van der Waals surface area contributed by atoms with Gasteiger partial charge in [-0.05, 0) is 31.0 Å². The van der Waals surface area contributed by atoms with Gasteiger partial charge in [-0.1, -0.05) is 23.7 Å². The molecule has 8 nitrogen and oxygen atoms in total.